The summed E-state index contributed by atoms with van der Waals surface area (Å²) in [6, 6.07) is 10.2. The van der Waals surface area contributed by atoms with Crippen LogP contribution in [0.4, 0.5) is 16.0 Å². The van der Waals surface area contributed by atoms with Gasteiger partial charge < -0.3 is 19.8 Å². The van der Waals surface area contributed by atoms with Crippen LogP contribution in [0.3, 0.4) is 0 Å². The number of likely N-dealkylation sites (tertiary alicyclic amines) is 1. The molecule has 4 heterocycles. The molecule has 1 atom stereocenters. The molecule has 1 unspecified atom stereocenters. The fraction of sp³-hybridized carbons (Fsp3) is 0.429. The summed E-state index contributed by atoms with van der Waals surface area (Å²) in [7, 11) is 1.94. The van der Waals surface area contributed by atoms with Crippen molar-refractivity contribution in [2.45, 2.75) is 39.7 Å². The number of anilines is 2. The van der Waals surface area contributed by atoms with E-state index in [4.69, 9.17) is 15.1 Å². The number of imidazole rings is 1. The molecule has 38 heavy (non-hydrogen) atoms. The van der Waals surface area contributed by atoms with Crippen molar-refractivity contribution < 1.29 is 14.3 Å². The van der Waals surface area contributed by atoms with Gasteiger partial charge in [0.25, 0.3) is 0 Å². The predicted octanol–water partition coefficient (Wildman–Crippen LogP) is 3.38. The fourth-order valence-corrected chi connectivity index (χ4v) is 5.04. The fourth-order valence-electron chi connectivity index (χ4n) is 5.04. The Morgan fingerprint density at radius 1 is 1.21 bits per heavy atom. The third-order valence-electron chi connectivity index (χ3n) is 7.37. The zero-order chi connectivity index (χ0) is 27.0. The van der Waals surface area contributed by atoms with Gasteiger partial charge in [0, 0.05) is 38.8 Å². The number of aromatic nitrogens is 3. The molecule has 2 aromatic heterocycles. The van der Waals surface area contributed by atoms with E-state index in [-0.39, 0.29) is 17.6 Å². The highest BCUT2D eigenvalue weighted by Crippen LogP contribution is 2.29. The van der Waals surface area contributed by atoms with Crippen molar-refractivity contribution in [3.63, 3.8) is 0 Å². The first-order chi connectivity index (χ1) is 18.3. The molecule has 200 valence electrons. The maximum absolute atomic E-state index is 13.4. The lowest BCUT2D eigenvalue weighted by atomic mass is 9.98. The van der Waals surface area contributed by atoms with Crippen LogP contribution in [0.5, 0.6) is 0 Å². The number of β-amino-alcohol motifs (C(OH)–C–C–N with tert-alkyl or cyclic N) is 1. The van der Waals surface area contributed by atoms with Crippen LogP contribution in [-0.4, -0.2) is 75.7 Å². The van der Waals surface area contributed by atoms with Crippen LogP contribution < -0.4 is 9.80 Å². The quantitative estimate of drug-likeness (QED) is 0.397. The minimum atomic E-state index is -0.407. The molecule has 10 heteroatoms. The van der Waals surface area contributed by atoms with E-state index < -0.39 is 6.10 Å². The van der Waals surface area contributed by atoms with Crippen molar-refractivity contribution in [3.05, 3.63) is 59.5 Å². The van der Waals surface area contributed by atoms with Crippen molar-refractivity contribution >= 4 is 34.7 Å². The summed E-state index contributed by atoms with van der Waals surface area (Å²) < 4.78 is 15.3. The number of carbonyl (C=O) groups is 1. The van der Waals surface area contributed by atoms with Gasteiger partial charge in [-0.15, -0.1) is 5.10 Å². The zero-order valence-electron chi connectivity index (χ0n) is 22.3. The lowest BCUT2D eigenvalue weighted by molar-refractivity contribution is -0.135. The molecule has 0 spiro atoms. The van der Waals surface area contributed by atoms with Gasteiger partial charge in [0.1, 0.15) is 17.5 Å². The molecule has 2 saturated heterocycles. The number of aryl methyl sites for hydroxylation is 1. The van der Waals surface area contributed by atoms with E-state index in [2.05, 4.69) is 11.8 Å². The van der Waals surface area contributed by atoms with E-state index in [1.807, 2.05) is 48.5 Å². The minimum absolute atomic E-state index is 0.0750. The molecule has 1 amide bonds. The summed E-state index contributed by atoms with van der Waals surface area (Å²) >= 11 is 0. The minimum Gasteiger partial charge on any atom is -0.391 e. The zero-order valence-corrected chi connectivity index (χ0v) is 22.3. The lowest BCUT2D eigenvalue weighted by Gasteiger charge is -2.40. The van der Waals surface area contributed by atoms with Gasteiger partial charge in [0.2, 0.25) is 5.91 Å². The smallest absolute Gasteiger partial charge is 0.229 e. The maximum atomic E-state index is 13.4. The van der Waals surface area contributed by atoms with Gasteiger partial charge in [-0.2, -0.15) is 4.52 Å². The molecule has 0 saturated carbocycles. The van der Waals surface area contributed by atoms with Crippen molar-refractivity contribution in [1.82, 2.24) is 19.5 Å². The number of nitrogens with zero attached hydrogens (tertiary/aromatic N) is 7. The first-order valence-electron chi connectivity index (χ1n) is 13.1. The summed E-state index contributed by atoms with van der Waals surface area (Å²) in [5.74, 6) is 2.12. The molecule has 1 aromatic carbocycles. The number of halogens is 1. The topological polar surface area (TPSA) is 89.6 Å². The summed E-state index contributed by atoms with van der Waals surface area (Å²) in [5.41, 5.74) is 3.22. The monoisotopic (exact) mass is 519 g/mol. The number of hydrogen-bond donors (Lipinski definition) is 1. The number of aliphatic imine (C=N–C) groups is 1. The van der Waals surface area contributed by atoms with Gasteiger partial charge in [-0.05, 0) is 63.1 Å². The number of hydrogen-bond acceptors (Lipinski definition) is 6. The number of rotatable bonds is 6. The Balaban J connectivity index is 1.38. The summed E-state index contributed by atoms with van der Waals surface area (Å²) in [6.07, 6.45) is 2.87. The van der Waals surface area contributed by atoms with Crippen molar-refractivity contribution in [2.75, 3.05) is 43.0 Å². The first kappa shape index (κ1) is 25.8. The summed E-state index contributed by atoms with van der Waals surface area (Å²) in [5, 5.41) is 14.7. The van der Waals surface area contributed by atoms with Crippen LogP contribution in [0.1, 0.15) is 38.4 Å². The molecular weight excluding hydrogens is 485 g/mol. The number of carbonyl (C=O) groups excluding carboxylic acids is 1. The molecule has 0 bridgehead atoms. The van der Waals surface area contributed by atoms with E-state index in [1.165, 1.54) is 12.1 Å². The van der Waals surface area contributed by atoms with Crippen molar-refractivity contribution in [1.29, 1.82) is 0 Å². The second-order valence-electron chi connectivity index (χ2n) is 9.92. The third kappa shape index (κ3) is 4.88. The Labute approximate surface area is 221 Å². The van der Waals surface area contributed by atoms with Gasteiger partial charge in [-0.1, -0.05) is 13.0 Å². The van der Waals surface area contributed by atoms with Gasteiger partial charge in [0.05, 0.1) is 23.4 Å². The first-order valence-corrected chi connectivity index (χ1v) is 13.1. The Hall–Kier alpha value is -3.79. The van der Waals surface area contributed by atoms with Crippen molar-refractivity contribution in [2.24, 2.45) is 10.9 Å². The SMILES string of the molecule is C/C=C(\N=C(/C)N(C)c1c(CC)nc2ccc(N3CC(C(=O)N4CCC(O)C4)C3)nn12)c1ccc(F)cc1. The number of amidine groups is 1. The molecular formula is C28H34FN7O2. The van der Waals surface area contributed by atoms with Gasteiger partial charge >= 0.3 is 0 Å². The Morgan fingerprint density at radius 3 is 2.58 bits per heavy atom. The van der Waals surface area contributed by atoms with Crippen LogP contribution in [0.25, 0.3) is 11.3 Å². The third-order valence-corrected chi connectivity index (χ3v) is 7.37. The Kier molecular flexibility index (Phi) is 7.16. The largest absolute Gasteiger partial charge is 0.391 e. The van der Waals surface area contributed by atoms with Crippen LogP contribution in [-0.2, 0) is 11.2 Å². The van der Waals surface area contributed by atoms with Crippen LogP contribution in [0.15, 0.2) is 47.5 Å². The predicted molar refractivity (Wildman–Crippen MR) is 147 cm³/mol. The van der Waals surface area contributed by atoms with E-state index in [1.54, 1.807) is 17.0 Å². The second-order valence-corrected chi connectivity index (χ2v) is 9.92. The number of aliphatic hydroxyl groups is 1. The van der Waals surface area contributed by atoms with Gasteiger partial charge in [0.15, 0.2) is 11.5 Å². The van der Waals surface area contributed by atoms with E-state index in [0.29, 0.717) is 32.6 Å². The number of amides is 1. The van der Waals surface area contributed by atoms with Crippen LogP contribution in [0, 0.1) is 11.7 Å². The normalized spacial score (nSPS) is 18.8. The molecule has 2 aliphatic rings. The van der Waals surface area contributed by atoms with E-state index >= 15 is 0 Å². The number of allylic oxidation sites excluding steroid dienone is 1. The van der Waals surface area contributed by atoms with Crippen LogP contribution in [0.2, 0.25) is 0 Å². The lowest BCUT2D eigenvalue weighted by Crippen LogP contribution is -2.54. The summed E-state index contributed by atoms with van der Waals surface area (Å²) in [4.78, 5) is 28.2. The highest BCUT2D eigenvalue weighted by molar-refractivity contribution is 5.98. The maximum Gasteiger partial charge on any atom is 0.229 e. The van der Waals surface area contributed by atoms with Crippen LogP contribution >= 0.6 is 0 Å². The van der Waals surface area contributed by atoms with E-state index in [9.17, 15) is 14.3 Å². The number of benzene rings is 1. The highest BCUT2D eigenvalue weighted by Gasteiger charge is 2.38. The molecule has 0 aliphatic carbocycles. The molecule has 2 fully saturated rings. The molecule has 9 nitrogen and oxygen atoms in total. The standard InChI is InChI=1S/C28H34FN7O2/c1-5-23(19-7-9-21(29)10-8-19)30-18(3)33(4)27-24(6-2)31-25-11-12-26(32-36(25)27)35-15-20(16-35)28(38)34-14-13-22(37)17-34/h5,7-12,20,22,37H,6,13-17H2,1-4H3/b23-5-,30-18+. The van der Waals surface area contributed by atoms with Crippen molar-refractivity contribution in [3.8, 4) is 0 Å². The Morgan fingerprint density at radius 2 is 1.95 bits per heavy atom. The number of aliphatic hydroxyl groups excluding tert-OH is 1. The molecule has 2 aliphatic heterocycles. The average Bonchev–Trinajstić information content (AvgIpc) is 3.49. The van der Waals surface area contributed by atoms with E-state index in [0.717, 1.165) is 46.5 Å². The summed E-state index contributed by atoms with van der Waals surface area (Å²) in [6.45, 7) is 8.16. The molecule has 0 radical (unpaired) electrons. The number of fused-ring (bicyclic) bond motifs is 1. The Bertz CT molecular complexity index is 1390. The average molecular weight is 520 g/mol. The van der Waals surface area contributed by atoms with Gasteiger partial charge in [-0.3, -0.25) is 4.79 Å². The molecule has 5 rings (SSSR count). The second kappa shape index (κ2) is 10.5. The molecule has 1 N–H and O–H groups in total. The van der Waals surface area contributed by atoms with Gasteiger partial charge in [-0.25, -0.2) is 14.4 Å². The molecule has 3 aromatic rings. The highest BCUT2D eigenvalue weighted by atomic mass is 19.1.